The van der Waals surface area contributed by atoms with Gasteiger partial charge in [0.1, 0.15) is 6.33 Å². The molecule has 0 radical (unpaired) electrons. The third kappa shape index (κ3) is 2.63. The van der Waals surface area contributed by atoms with Gasteiger partial charge in [0.2, 0.25) is 17.8 Å². The van der Waals surface area contributed by atoms with Crippen LogP contribution in [0.3, 0.4) is 0 Å². The van der Waals surface area contributed by atoms with Gasteiger partial charge >= 0.3 is 0 Å². The minimum atomic E-state index is 0.321. The lowest BCUT2D eigenvalue weighted by Gasteiger charge is -2.11. The lowest BCUT2D eigenvalue weighted by Crippen LogP contribution is -2.18. The molecule has 0 unspecified atom stereocenters. The van der Waals surface area contributed by atoms with E-state index in [1.54, 1.807) is 23.3 Å². The van der Waals surface area contributed by atoms with Crippen LogP contribution in [0, 0.1) is 5.41 Å². The van der Waals surface area contributed by atoms with Crippen LogP contribution in [0.5, 0.6) is 0 Å². The predicted molar refractivity (Wildman–Crippen MR) is 70.6 cm³/mol. The quantitative estimate of drug-likeness (QED) is 0.532. The van der Waals surface area contributed by atoms with E-state index in [2.05, 4.69) is 37.6 Å². The average molecular weight is 260 g/mol. The molecule has 4 N–H and O–H groups in total. The van der Waals surface area contributed by atoms with Crippen LogP contribution in [0.1, 0.15) is 19.8 Å². The summed E-state index contributed by atoms with van der Waals surface area (Å²) in [6.07, 6.45) is 7.53. The Morgan fingerprint density at radius 1 is 1.32 bits per heavy atom. The van der Waals surface area contributed by atoms with Crippen molar-refractivity contribution in [2.24, 2.45) is 11.3 Å². The topological polar surface area (TPSA) is 107 Å². The molecule has 100 valence electrons. The van der Waals surface area contributed by atoms with E-state index in [0.717, 1.165) is 6.54 Å². The van der Waals surface area contributed by atoms with Crippen LogP contribution in [0.2, 0.25) is 0 Å². The summed E-state index contributed by atoms with van der Waals surface area (Å²) < 4.78 is 1.70. The van der Waals surface area contributed by atoms with Crippen molar-refractivity contribution in [1.82, 2.24) is 24.5 Å². The number of hydrogen-bond donors (Lipinski definition) is 3. The third-order valence-electron chi connectivity index (χ3n) is 3.26. The van der Waals surface area contributed by atoms with Crippen molar-refractivity contribution in [2.75, 3.05) is 17.3 Å². The Hall–Kier alpha value is -2.22. The summed E-state index contributed by atoms with van der Waals surface area (Å²) in [6.45, 7) is 3.09. The Balaban J connectivity index is 1.84. The molecule has 0 atom stereocenters. The zero-order chi connectivity index (χ0) is 13.3. The number of imidazole rings is 1. The van der Waals surface area contributed by atoms with Gasteiger partial charge in [-0.1, -0.05) is 6.92 Å². The molecule has 2 aromatic rings. The fraction of sp³-hybridized carbons (Fsp3) is 0.455. The van der Waals surface area contributed by atoms with Crippen LogP contribution in [-0.2, 0) is 0 Å². The van der Waals surface area contributed by atoms with Crippen LogP contribution in [-0.4, -0.2) is 31.0 Å². The monoisotopic (exact) mass is 260 g/mol. The second-order valence-electron chi connectivity index (χ2n) is 5.06. The minimum absolute atomic E-state index is 0.321. The predicted octanol–water partition coefficient (Wildman–Crippen LogP) is 0.555. The Morgan fingerprint density at radius 3 is 2.74 bits per heavy atom. The first-order valence-corrected chi connectivity index (χ1v) is 6.13. The van der Waals surface area contributed by atoms with E-state index in [1.807, 2.05) is 0 Å². The molecule has 2 aromatic heterocycles. The Morgan fingerprint density at radius 2 is 2.11 bits per heavy atom. The number of nitrogens with one attached hydrogen (secondary N) is 2. The van der Waals surface area contributed by atoms with Crippen LogP contribution in [0.15, 0.2) is 18.7 Å². The van der Waals surface area contributed by atoms with Gasteiger partial charge in [0, 0.05) is 18.9 Å². The van der Waals surface area contributed by atoms with E-state index in [-0.39, 0.29) is 0 Å². The van der Waals surface area contributed by atoms with Crippen molar-refractivity contribution < 1.29 is 0 Å². The maximum absolute atomic E-state index is 5.38. The largest absolute Gasteiger partial charge is 0.353 e. The highest BCUT2D eigenvalue weighted by Crippen LogP contribution is 2.44. The highest BCUT2D eigenvalue weighted by molar-refractivity contribution is 5.37. The lowest BCUT2D eigenvalue weighted by atomic mass is 10.1. The second kappa shape index (κ2) is 4.47. The Labute approximate surface area is 110 Å². The highest BCUT2D eigenvalue weighted by atomic mass is 15.4. The number of hydrazine groups is 1. The fourth-order valence-corrected chi connectivity index (χ4v) is 1.68. The van der Waals surface area contributed by atoms with E-state index in [0.29, 0.717) is 23.3 Å². The molecule has 0 spiro atoms. The summed E-state index contributed by atoms with van der Waals surface area (Å²) in [7, 11) is 0. The molecule has 2 heterocycles. The maximum Gasteiger partial charge on any atom is 0.243 e. The van der Waals surface area contributed by atoms with Gasteiger partial charge in [-0.05, 0) is 18.3 Å². The summed E-state index contributed by atoms with van der Waals surface area (Å²) in [4.78, 5) is 16.7. The van der Waals surface area contributed by atoms with Gasteiger partial charge in [-0.3, -0.25) is 9.99 Å². The molecule has 19 heavy (non-hydrogen) atoms. The summed E-state index contributed by atoms with van der Waals surface area (Å²) in [5.41, 5.74) is 2.82. The molecular weight excluding hydrogens is 244 g/mol. The molecular formula is C11H16N8. The molecule has 0 aliphatic heterocycles. The molecule has 8 nitrogen and oxygen atoms in total. The van der Waals surface area contributed by atoms with Crippen molar-refractivity contribution in [1.29, 1.82) is 0 Å². The Kier molecular flexibility index (Phi) is 2.79. The zero-order valence-corrected chi connectivity index (χ0v) is 10.7. The van der Waals surface area contributed by atoms with E-state index >= 15 is 0 Å². The van der Waals surface area contributed by atoms with Gasteiger partial charge in [-0.15, -0.1) is 0 Å². The van der Waals surface area contributed by atoms with E-state index < -0.39 is 0 Å². The standard InChI is InChI=1S/C11H16N8/c1-11(2-3-11)6-14-8-15-9(18-12)17-10(16-8)19-5-4-13-7-19/h4-5,7H,2-3,6,12H2,1H3,(H2,14,15,16,17,18). The summed E-state index contributed by atoms with van der Waals surface area (Å²) >= 11 is 0. The van der Waals surface area contributed by atoms with Crippen LogP contribution in [0.4, 0.5) is 11.9 Å². The normalized spacial score (nSPS) is 16.1. The number of nitrogen functional groups attached to an aromatic ring is 1. The second-order valence-corrected chi connectivity index (χ2v) is 5.06. The highest BCUT2D eigenvalue weighted by Gasteiger charge is 2.37. The molecule has 1 aliphatic rings. The van der Waals surface area contributed by atoms with Crippen LogP contribution in [0.25, 0.3) is 5.95 Å². The first-order chi connectivity index (χ1) is 9.18. The smallest absolute Gasteiger partial charge is 0.243 e. The number of nitrogens with two attached hydrogens (primary N) is 1. The molecule has 0 aromatic carbocycles. The SMILES string of the molecule is CC1(CNc2nc(NN)nc(-n3ccnc3)n2)CC1. The summed E-state index contributed by atoms with van der Waals surface area (Å²) in [5.74, 6) is 6.69. The van der Waals surface area contributed by atoms with Gasteiger partial charge in [0.15, 0.2) is 0 Å². The van der Waals surface area contributed by atoms with E-state index in [4.69, 9.17) is 5.84 Å². The molecule has 0 bridgehead atoms. The van der Waals surface area contributed by atoms with Gasteiger partial charge in [-0.2, -0.15) is 15.0 Å². The van der Waals surface area contributed by atoms with Crippen molar-refractivity contribution in [3.63, 3.8) is 0 Å². The van der Waals surface area contributed by atoms with Crippen molar-refractivity contribution in [3.8, 4) is 5.95 Å². The van der Waals surface area contributed by atoms with Crippen LogP contribution >= 0.6 is 0 Å². The molecule has 1 saturated carbocycles. The average Bonchev–Trinajstić information content (AvgIpc) is 2.95. The number of rotatable bonds is 5. The van der Waals surface area contributed by atoms with Gasteiger partial charge in [0.25, 0.3) is 0 Å². The van der Waals surface area contributed by atoms with Crippen LogP contribution < -0.4 is 16.6 Å². The van der Waals surface area contributed by atoms with Gasteiger partial charge in [0.05, 0.1) is 0 Å². The molecule has 3 rings (SSSR count). The molecule has 1 fully saturated rings. The molecule has 8 heteroatoms. The first kappa shape index (κ1) is 11.8. The third-order valence-corrected chi connectivity index (χ3v) is 3.26. The lowest BCUT2D eigenvalue weighted by molar-refractivity contribution is 0.607. The summed E-state index contributed by atoms with van der Waals surface area (Å²) in [6, 6.07) is 0. The van der Waals surface area contributed by atoms with Crippen molar-refractivity contribution in [3.05, 3.63) is 18.7 Å². The van der Waals surface area contributed by atoms with Crippen molar-refractivity contribution in [2.45, 2.75) is 19.8 Å². The van der Waals surface area contributed by atoms with E-state index in [9.17, 15) is 0 Å². The molecule has 0 saturated heterocycles. The maximum atomic E-state index is 5.38. The molecule has 1 aliphatic carbocycles. The zero-order valence-electron chi connectivity index (χ0n) is 10.7. The summed E-state index contributed by atoms with van der Waals surface area (Å²) in [5, 5.41) is 3.23. The van der Waals surface area contributed by atoms with E-state index in [1.165, 1.54) is 12.8 Å². The Bertz CT molecular complexity index is 560. The number of nitrogens with zero attached hydrogens (tertiary/aromatic N) is 5. The first-order valence-electron chi connectivity index (χ1n) is 6.13. The van der Waals surface area contributed by atoms with Gasteiger partial charge in [-0.25, -0.2) is 10.8 Å². The number of aromatic nitrogens is 5. The minimum Gasteiger partial charge on any atom is -0.353 e. The van der Waals surface area contributed by atoms with Crippen molar-refractivity contribution >= 4 is 11.9 Å². The molecule has 0 amide bonds. The fourth-order valence-electron chi connectivity index (χ4n) is 1.68. The van der Waals surface area contributed by atoms with Gasteiger partial charge < -0.3 is 5.32 Å². The number of hydrogen-bond acceptors (Lipinski definition) is 7. The number of anilines is 2.